The summed E-state index contributed by atoms with van der Waals surface area (Å²) in [6, 6.07) is 17.3. The van der Waals surface area contributed by atoms with Crippen LogP contribution in [0.4, 0.5) is 5.69 Å². The van der Waals surface area contributed by atoms with E-state index in [-0.39, 0.29) is 28.4 Å². The van der Waals surface area contributed by atoms with E-state index in [2.05, 4.69) is 0 Å². The van der Waals surface area contributed by atoms with Gasteiger partial charge < -0.3 is 19.7 Å². The van der Waals surface area contributed by atoms with Gasteiger partial charge in [-0.15, -0.1) is 0 Å². The van der Waals surface area contributed by atoms with Gasteiger partial charge in [-0.25, -0.2) is 0 Å². The molecule has 0 aromatic heterocycles. The molecule has 3 aromatic rings. The molecule has 0 aliphatic carbocycles. The zero-order valence-electron chi connectivity index (χ0n) is 18.4. The molecule has 0 spiro atoms. The minimum Gasteiger partial charge on any atom is -0.508 e. The van der Waals surface area contributed by atoms with E-state index in [1.165, 1.54) is 31.3 Å². The predicted molar refractivity (Wildman–Crippen MR) is 124 cm³/mol. The van der Waals surface area contributed by atoms with E-state index in [1.807, 2.05) is 19.1 Å². The molecule has 1 fully saturated rings. The molecule has 1 aliphatic heterocycles. The van der Waals surface area contributed by atoms with Gasteiger partial charge in [-0.1, -0.05) is 30.3 Å². The maximum atomic E-state index is 13.3. The van der Waals surface area contributed by atoms with E-state index in [9.17, 15) is 19.8 Å². The number of aliphatic hydroxyl groups excluding tert-OH is 1. The molecule has 33 heavy (non-hydrogen) atoms. The van der Waals surface area contributed by atoms with Crippen molar-refractivity contribution >= 4 is 23.1 Å². The first-order chi connectivity index (χ1) is 15.9. The summed E-state index contributed by atoms with van der Waals surface area (Å²) in [5.74, 6) is -1.22. The number of amides is 1. The minimum atomic E-state index is -0.954. The lowest BCUT2D eigenvalue weighted by atomic mass is 9.94. The van der Waals surface area contributed by atoms with Crippen molar-refractivity contribution < 1.29 is 29.3 Å². The number of aryl methyl sites for hydroxylation is 1. The summed E-state index contributed by atoms with van der Waals surface area (Å²) < 4.78 is 10.6. The number of aliphatic hydroxyl groups is 1. The largest absolute Gasteiger partial charge is 0.508 e. The summed E-state index contributed by atoms with van der Waals surface area (Å²) in [7, 11) is 2.94. The van der Waals surface area contributed by atoms with Crippen LogP contribution in [0.15, 0.2) is 72.3 Å². The summed E-state index contributed by atoms with van der Waals surface area (Å²) in [6.45, 7) is 1.83. The predicted octanol–water partition coefficient (Wildman–Crippen LogP) is 4.34. The zero-order chi connectivity index (χ0) is 23.7. The Morgan fingerprint density at radius 2 is 1.70 bits per heavy atom. The standard InChI is InChI=1S/C26H23NO6/c1-15-7-4-5-10-20(15)27-23(16-8-6-9-17(28)13-16)22(25(30)26(27)31)24(29)19-12-11-18(32-2)14-21(19)33-3/h4-14,23,28-29H,1-3H3/b24-22-. The van der Waals surface area contributed by atoms with Crippen LogP contribution in [0.5, 0.6) is 17.2 Å². The van der Waals surface area contributed by atoms with Gasteiger partial charge in [0.15, 0.2) is 0 Å². The molecule has 168 valence electrons. The molecular weight excluding hydrogens is 422 g/mol. The number of aromatic hydroxyl groups is 1. The van der Waals surface area contributed by atoms with Crippen LogP contribution < -0.4 is 14.4 Å². The Morgan fingerprint density at radius 3 is 2.36 bits per heavy atom. The minimum absolute atomic E-state index is 0.0232. The number of carbonyl (C=O) groups excluding carboxylic acids is 2. The number of phenolic OH excluding ortho intramolecular Hbond substituents is 1. The van der Waals surface area contributed by atoms with E-state index >= 15 is 0 Å². The fourth-order valence-electron chi connectivity index (χ4n) is 4.06. The molecule has 1 atom stereocenters. The third-order valence-electron chi connectivity index (χ3n) is 5.67. The fourth-order valence-corrected chi connectivity index (χ4v) is 4.06. The molecule has 1 amide bonds. The highest BCUT2D eigenvalue weighted by atomic mass is 16.5. The van der Waals surface area contributed by atoms with Gasteiger partial charge in [0.1, 0.15) is 23.0 Å². The second-order valence-electron chi connectivity index (χ2n) is 7.62. The van der Waals surface area contributed by atoms with Crippen molar-refractivity contribution in [2.45, 2.75) is 13.0 Å². The van der Waals surface area contributed by atoms with Crippen LogP contribution in [0.1, 0.15) is 22.7 Å². The van der Waals surface area contributed by atoms with E-state index in [0.717, 1.165) is 5.56 Å². The van der Waals surface area contributed by atoms with Gasteiger partial charge in [0.05, 0.1) is 31.4 Å². The van der Waals surface area contributed by atoms with Crippen molar-refractivity contribution in [3.05, 3.63) is 89.0 Å². The van der Waals surface area contributed by atoms with Gasteiger partial charge in [-0.05, 0) is 48.4 Å². The second-order valence-corrected chi connectivity index (χ2v) is 7.62. The van der Waals surface area contributed by atoms with Gasteiger partial charge in [0.25, 0.3) is 11.7 Å². The molecule has 1 saturated heterocycles. The molecule has 1 heterocycles. The molecule has 3 aromatic carbocycles. The SMILES string of the molecule is COc1ccc(/C(O)=C2/C(=O)C(=O)N(c3ccccc3C)C2c2cccc(O)c2)c(OC)c1. The average molecular weight is 445 g/mol. The number of Topliss-reactive ketones (excluding diaryl/α,β-unsaturated/α-hetero) is 1. The number of hydrogen-bond donors (Lipinski definition) is 2. The molecule has 0 radical (unpaired) electrons. The number of para-hydroxylation sites is 1. The summed E-state index contributed by atoms with van der Waals surface area (Å²) in [4.78, 5) is 27.9. The zero-order valence-corrected chi connectivity index (χ0v) is 18.4. The number of benzene rings is 3. The molecule has 7 nitrogen and oxygen atoms in total. The van der Waals surface area contributed by atoms with Crippen molar-refractivity contribution in [2.75, 3.05) is 19.1 Å². The third kappa shape index (κ3) is 3.78. The number of rotatable bonds is 5. The highest BCUT2D eigenvalue weighted by Gasteiger charge is 2.47. The first kappa shape index (κ1) is 22.0. The van der Waals surface area contributed by atoms with Crippen LogP contribution in [0.3, 0.4) is 0 Å². The topological polar surface area (TPSA) is 96.3 Å². The lowest BCUT2D eigenvalue weighted by Crippen LogP contribution is -2.30. The van der Waals surface area contributed by atoms with Crippen molar-refractivity contribution in [2.24, 2.45) is 0 Å². The van der Waals surface area contributed by atoms with Crippen LogP contribution in [0.25, 0.3) is 5.76 Å². The molecule has 1 unspecified atom stereocenters. The Balaban J connectivity index is 1.99. The van der Waals surface area contributed by atoms with Gasteiger partial charge in [0, 0.05) is 11.8 Å². The van der Waals surface area contributed by atoms with E-state index in [1.54, 1.807) is 42.5 Å². The molecule has 0 saturated carbocycles. The van der Waals surface area contributed by atoms with E-state index in [4.69, 9.17) is 9.47 Å². The highest BCUT2D eigenvalue weighted by Crippen LogP contribution is 2.44. The number of methoxy groups -OCH3 is 2. The number of ketones is 1. The van der Waals surface area contributed by atoms with Crippen LogP contribution in [0.2, 0.25) is 0 Å². The van der Waals surface area contributed by atoms with E-state index in [0.29, 0.717) is 17.0 Å². The summed E-state index contributed by atoms with van der Waals surface area (Å²) >= 11 is 0. The first-order valence-electron chi connectivity index (χ1n) is 10.2. The molecule has 1 aliphatic rings. The number of hydrogen-bond acceptors (Lipinski definition) is 6. The smallest absolute Gasteiger partial charge is 0.300 e. The number of carbonyl (C=O) groups is 2. The van der Waals surface area contributed by atoms with Crippen LogP contribution in [-0.2, 0) is 9.59 Å². The number of anilines is 1. The molecule has 4 rings (SSSR count). The van der Waals surface area contributed by atoms with E-state index < -0.39 is 17.7 Å². The van der Waals surface area contributed by atoms with Crippen molar-refractivity contribution in [1.82, 2.24) is 0 Å². The monoisotopic (exact) mass is 445 g/mol. The molecular formula is C26H23NO6. The third-order valence-corrected chi connectivity index (χ3v) is 5.67. The Morgan fingerprint density at radius 1 is 0.939 bits per heavy atom. The van der Waals surface area contributed by atoms with Crippen molar-refractivity contribution in [3.8, 4) is 17.2 Å². The fraction of sp³-hybridized carbons (Fsp3) is 0.154. The van der Waals surface area contributed by atoms with Crippen molar-refractivity contribution in [1.29, 1.82) is 0 Å². The maximum Gasteiger partial charge on any atom is 0.300 e. The second kappa shape index (κ2) is 8.70. The van der Waals surface area contributed by atoms with Gasteiger partial charge in [0.2, 0.25) is 0 Å². The lowest BCUT2D eigenvalue weighted by molar-refractivity contribution is -0.132. The lowest BCUT2D eigenvalue weighted by Gasteiger charge is -2.27. The Labute approximate surface area is 191 Å². The van der Waals surface area contributed by atoms with Crippen LogP contribution >= 0.6 is 0 Å². The quantitative estimate of drug-likeness (QED) is 0.345. The first-order valence-corrected chi connectivity index (χ1v) is 10.2. The highest BCUT2D eigenvalue weighted by molar-refractivity contribution is 6.51. The normalized spacial score (nSPS) is 17.3. The Kier molecular flexibility index (Phi) is 5.79. The van der Waals surface area contributed by atoms with Crippen LogP contribution in [0, 0.1) is 6.92 Å². The van der Waals surface area contributed by atoms with Crippen molar-refractivity contribution in [3.63, 3.8) is 0 Å². The number of ether oxygens (including phenoxy) is 2. The number of nitrogens with zero attached hydrogens (tertiary/aromatic N) is 1. The van der Waals surface area contributed by atoms with Crippen LogP contribution in [-0.4, -0.2) is 36.1 Å². The molecule has 2 N–H and O–H groups in total. The van der Waals surface area contributed by atoms with Gasteiger partial charge >= 0.3 is 0 Å². The average Bonchev–Trinajstić information content (AvgIpc) is 3.09. The number of phenols is 1. The summed E-state index contributed by atoms with van der Waals surface area (Å²) in [5, 5.41) is 21.4. The Hall–Kier alpha value is -4.26. The van der Waals surface area contributed by atoms with Gasteiger partial charge in [-0.2, -0.15) is 0 Å². The van der Waals surface area contributed by atoms with Gasteiger partial charge in [-0.3, -0.25) is 14.5 Å². The molecule has 7 heteroatoms. The maximum absolute atomic E-state index is 13.3. The summed E-state index contributed by atoms with van der Waals surface area (Å²) in [5.41, 5.74) is 1.94. The Bertz CT molecular complexity index is 1280. The molecule has 0 bridgehead atoms. The summed E-state index contributed by atoms with van der Waals surface area (Å²) in [6.07, 6.45) is 0.